The minimum absolute atomic E-state index is 0.214. The van der Waals surface area contributed by atoms with Crippen molar-refractivity contribution < 1.29 is 10.5 Å². The molecule has 0 aliphatic heterocycles. The van der Waals surface area contributed by atoms with Crippen LogP contribution in [0.15, 0.2) is 11.8 Å². The van der Waals surface area contributed by atoms with E-state index in [-0.39, 0.29) is 5.78 Å². The van der Waals surface area contributed by atoms with E-state index in [1.807, 2.05) is 6.92 Å². The van der Waals surface area contributed by atoms with E-state index in [0.717, 1.165) is 6.42 Å². The SMILES string of the molecule is C/C=C(\[NH3+])C(=O)CCCCCCCCC. The molecule has 15 heavy (non-hydrogen) atoms. The Morgan fingerprint density at radius 3 is 2.13 bits per heavy atom. The van der Waals surface area contributed by atoms with Crippen molar-refractivity contribution in [2.75, 3.05) is 0 Å². The third-order valence-corrected chi connectivity index (χ3v) is 2.71. The maximum absolute atomic E-state index is 11.4. The number of allylic oxidation sites excluding steroid dienone is 2. The molecular formula is C13H26NO+. The molecule has 2 heteroatoms. The highest BCUT2D eigenvalue weighted by Crippen LogP contribution is 2.09. The van der Waals surface area contributed by atoms with Crippen molar-refractivity contribution in [1.82, 2.24) is 0 Å². The van der Waals surface area contributed by atoms with Crippen molar-refractivity contribution in [2.45, 2.75) is 65.2 Å². The van der Waals surface area contributed by atoms with Crippen LogP contribution in [0.2, 0.25) is 0 Å². The summed E-state index contributed by atoms with van der Waals surface area (Å²) in [6.07, 6.45) is 11.3. The lowest BCUT2D eigenvalue weighted by molar-refractivity contribution is -0.298. The van der Waals surface area contributed by atoms with E-state index in [1.165, 1.54) is 38.5 Å². The molecule has 2 nitrogen and oxygen atoms in total. The van der Waals surface area contributed by atoms with Gasteiger partial charge in [-0.2, -0.15) is 0 Å². The molecule has 88 valence electrons. The second kappa shape index (κ2) is 9.91. The van der Waals surface area contributed by atoms with Crippen LogP contribution in [-0.2, 0) is 4.79 Å². The maximum atomic E-state index is 11.4. The molecule has 0 aromatic carbocycles. The molecule has 0 aromatic rings. The maximum Gasteiger partial charge on any atom is 0.215 e. The number of hydrogen-bond acceptors (Lipinski definition) is 1. The number of ketones is 1. The summed E-state index contributed by atoms with van der Waals surface area (Å²) < 4.78 is 0. The van der Waals surface area contributed by atoms with Gasteiger partial charge in [-0.05, 0) is 19.4 Å². The van der Waals surface area contributed by atoms with Crippen LogP contribution in [0.1, 0.15) is 65.2 Å². The molecule has 0 bridgehead atoms. The molecule has 0 heterocycles. The van der Waals surface area contributed by atoms with Gasteiger partial charge in [-0.15, -0.1) is 0 Å². The fourth-order valence-corrected chi connectivity index (χ4v) is 1.56. The molecule has 0 radical (unpaired) electrons. The molecule has 0 atom stereocenters. The van der Waals surface area contributed by atoms with Gasteiger partial charge in [0.1, 0.15) is 0 Å². The van der Waals surface area contributed by atoms with E-state index in [9.17, 15) is 4.79 Å². The van der Waals surface area contributed by atoms with E-state index < -0.39 is 0 Å². The normalized spacial score (nSPS) is 11.8. The molecule has 3 N–H and O–H groups in total. The molecule has 0 aliphatic carbocycles. The van der Waals surface area contributed by atoms with Crippen molar-refractivity contribution in [3.63, 3.8) is 0 Å². The van der Waals surface area contributed by atoms with E-state index in [0.29, 0.717) is 12.1 Å². The van der Waals surface area contributed by atoms with Crippen LogP contribution >= 0.6 is 0 Å². The molecule has 0 amide bonds. The zero-order chi connectivity index (χ0) is 11.5. The Balaban J connectivity index is 3.28. The summed E-state index contributed by atoms with van der Waals surface area (Å²) in [5.41, 5.74) is 4.37. The first-order valence-corrected chi connectivity index (χ1v) is 6.23. The Labute approximate surface area is 93.9 Å². The minimum Gasteiger partial charge on any atom is -0.322 e. The summed E-state index contributed by atoms with van der Waals surface area (Å²) in [5.74, 6) is 0.214. The number of carbonyl (C=O) groups excluding carboxylic acids is 1. The van der Waals surface area contributed by atoms with Gasteiger partial charge in [0.25, 0.3) is 0 Å². The van der Waals surface area contributed by atoms with Crippen molar-refractivity contribution >= 4 is 5.78 Å². The Kier molecular flexibility index (Phi) is 9.49. The first-order chi connectivity index (χ1) is 7.22. The van der Waals surface area contributed by atoms with E-state index in [2.05, 4.69) is 12.7 Å². The van der Waals surface area contributed by atoms with Gasteiger partial charge in [0.2, 0.25) is 5.78 Å². The quantitative estimate of drug-likeness (QED) is 0.463. The van der Waals surface area contributed by atoms with Gasteiger partial charge in [0.15, 0.2) is 5.70 Å². The first kappa shape index (κ1) is 14.4. The topological polar surface area (TPSA) is 44.7 Å². The number of unbranched alkanes of at least 4 members (excludes halogenated alkanes) is 6. The monoisotopic (exact) mass is 212 g/mol. The van der Waals surface area contributed by atoms with E-state index in [4.69, 9.17) is 0 Å². The van der Waals surface area contributed by atoms with E-state index >= 15 is 0 Å². The summed E-state index contributed by atoms with van der Waals surface area (Å²) >= 11 is 0. The lowest BCUT2D eigenvalue weighted by Crippen LogP contribution is -2.50. The largest absolute Gasteiger partial charge is 0.322 e. The number of rotatable bonds is 9. The third-order valence-electron chi connectivity index (χ3n) is 2.71. The molecule has 0 fully saturated rings. The Bertz CT molecular complexity index is 197. The number of hydrogen-bond donors (Lipinski definition) is 1. The Hall–Kier alpha value is -0.630. The van der Waals surface area contributed by atoms with Crippen LogP contribution < -0.4 is 5.73 Å². The standard InChI is InChI=1S/C13H25NO/c1-3-5-6-7-8-9-10-11-13(15)12(14)4-2/h4H,3,5-11,14H2,1-2H3/p+1/b12-4-. The number of carbonyl (C=O) groups is 1. The van der Waals surface area contributed by atoms with E-state index in [1.54, 1.807) is 6.08 Å². The minimum atomic E-state index is 0.214. The number of Topliss-reactive ketones (excluding diaryl/α,β-unsaturated/α-hetero) is 1. The average Bonchev–Trinajstić information content (AvgIpc) is 2.26. The average molecular weight is 212 g/mol. The van der Waals surface area contributed by atoms with Crippen LogP contribution in [-0.4, -0.2) is 5.78 Å². The molecular weight excluding hydrogens is 186 g/mol. The second-order valence-electron chi connectivity index (χ2n) is 4.11. The summed E-state index contributed by atoms with van der Waals surface area (Å²) in [7, 11) is 0. The van der Waals surface area contributed by atoms with Gasteiger partial charge in [0.05, 0.1) is 0 Å². The van der Waals surface area contributed by atoms with Crippen molar-refractivity contribution in [2.24, 2.45) is 0 Å². The summed E-state index contributed by atoms with van der Waals surface area (Å²) in [6.45, 7) is 4.09. The highest BCUT2D eigenvalue weighted by Gasteiger charge is 2.06. The third kappa shape index (κ3) is 8.37. The molecule has 0 spiro atoms. The second-order valence-corrected chi connectivity index (χ2v) is 4.11. The van der Waals surface area contributed by atoms with Crippen LogP contribution in [0.5, 0.6) is 0 Å². The summed E-state index contributed by atoms with van der Waals surface area (Å²) in [6, 6.07) is 0. The Morgan fingerprint density at radius 2 is 1.60 bits per heavy atom. The van der Waals surface area contributed by atoms with Crippen LogP contribution in [0, 0.1) is 0 Å². The van der Waals surface area contributed by atoms with Gasteiger partial charge in [-0.3, -0.25) is 4.79 Å². The van der Waals surface area contributed by atoms with Crippen molar-refractivity contribution in [3.8, 4) is 0 Å². The molecule has 0 aliphatic rings. The van der Waals surface area contributed by atoms with Crippen molar-refractivity contribution in [3.05, 3.63) is 11.8 Å². The molecule has 0 saturated carbocycles. The summed E-state index contributed by atoms with van der Waals surface area (Å²) in [5, 5.41) is 0. The van der Waals surface area contributed by atoms with Gasteiger partial charge in [0, 0.05) is 6.42 Å². The lowest BCUT2D eigenvalue weighted by Gasteiger charge is -2.00. The predicted octanol–water partition coefficient (Wildman–Crippen LogP) is 2.84. The zero-order valence-electron chi connectivity index (χ0n) is 10.3. The fraction of sp³-hybridized carbons (Fsp3) is 0.769. The van der Waals surface area contributed by atoms with Crippen LogP contribution in [0.25, 0.3) is 0 Å². The van der Waals surface area contributed by atoms with Crippen LogP contribution in [0.3, 0.4) is 0 Å². The smallest absolute Gasteiger partial charge is 0.215 e. The number of quaternary nitrogens is 1. The molecule has 0 rings (SSSR count). The van der Waals surface area contributed by atoms with Crippen LogP contribution in [0.4, 0.5) is 0 Å². The first-order valence-electron chi connectivity index (χ1n) is 6.23. The Morgan fingerprint density at radius 1 is 1.07 bits per heavy atom. The van der Waals surface area contributed by atoms with Gasteiger partial charge in [-0.1, -0.05) is 45.4 Å². The molecule has 0 unspecified atom stereocenters. The van der Waals surface area contributed by atoms with Gasteiger partial charge >= 0.3 is 0 Å². The fourth-order valence-electron chi connectivity index (χ4n) is 1.56. The molecule has 0 aromatic heterocycles. The van der Waals surface area contributed by atoms with Gasteiger partial charge in [-0.25, -0.2) is 0 Å². The van der Waals surface area contributed by atoms with Gasteiger partial charge < -0.3 is 5.73 Å². The lowest BCUT2D eigenvalue weighted by atomic mass is 10.1. The highest BCUT2D eigenvalue weighted by molar-refractivity contribution is 5.92. The van der Waals surface area contributed by atoms with Crippen molar-refractivity contribution in [1.29, 1.82) is 0 Å². The zero-order valence-corrected chi connectivity index (χ0v) is 10.3. The summed E-state index contributed by atoms with van der Waals surface area (Å²) in [4.78, 5) is 11.4. The molecule has 0 saturated heterocycles. The highest BCUT2D eigenvalue weighted by atomic mass is 16.1. The predicted molar refractivity (Wildman–Crippen MR) is 64.3 cm³/mol.